The second-order valence-corrected chi connectivity index (χ2v) is 5.12. The van der Waals surface area contributed by atoms with Gasteiger partial charge < -0.3 is 9.15 Å². The summed E-state index contributed by atoms with van der Waals surface area (Å²) in [4.78, 5) is 11.1. The molecule has 0 aliphatic carbocycles. The molecule has 0 N–H and O–H groups in total. The highest BCUT2D eigenvalue weighted by atomic mass is 16.6. The molecule has 0 aliphatic heterocycles. The number of ether oxygens (including phenoxy) is 1. The molecule has 0 unspecified atom stereocenters. The van der Waals surface area contributed by atoms with Crippen LogP contribution in [0.1, 0.15) is 50.6 Å². The molecule has 3 heteroatoms. The molecule has 0 bridgehead atoms. The van der Waals surface area contributed by atoms with E-state index in [2.05, 4.69) is 26.5 Å². The van der Waals surface area contributed by atoms with Gasteiger partial charge in [-0.25, -0.2) is 0 Å². The van der Waals surface area contributed by atoms with Crippen molar-refractivity contribution in [2.75, 3.05) is 6.61 Å². The van der Waals surface area contributed by atoms with Crippen LogP contribution in [-0.2, 0) is 0 Å². The zero-order valence-corrected chi connectivity index (χ0v) is 13.1. The Kier molecular flexibility index (Phi) is 7.30. The number of allylic oxidation sites excluding steroid dienone is 4. The Morgan fingerprint density at radius 3 is 2.62 bits per heavy atom. The Labute approximate surface area is 127 Å². The molecule has 0 radical (unpaired) electrons. The number of hydrogen-bond donors (Lipinski definition) is 0. The fourth-order valence-electron chi connectivity index (χ4n) is 1.81. The van der Waals surface area contributed by atoms with Gasteiger partial charge in [-0.1, -0.05) is 23.3 Å². The maximum Gasteiger partial charge on any atom is 0.285 e. The third kappa shape index (κ3) is 6.80. The predicted molar refractivity (Wildman–Crippen MR) is 85.8 cm³/mol. The summed E-state index contributed by atoms with van der Waals surface area (Å²) in [5.74, 6) is 0.609. The molecule has 114 valence electrons. The lowest BCUT2D eigenvalue weighted by Gasteiger charge is -2.02. The van der Waals surface area contributed by atoms with Gasteiger partial charge in [-0.3, -0.25) is 4.79 Å². The van der Waals surface area contributed by atoms with Gasteiger partial charge in [-0.15, -0.1) is 6.58 Å². The van der Waals surface area contributed by atoms with Gasteiger partial charge in [0.2, 0.25) is 0 Å². The van der Waals surface area contributed by atoms with Gasteiger partial charge in [-0.2, -0.15) is 0 Å². The molecule has 0 atom stereocenters. The van der Waals surface area contributed by atoms with Crippen molar-refractivity contribution in [2.45, 2.75) is 40.0 Å². The number of rotatable bonds is 9. The highest BCUT2D eigenvalue weighted by Gasteiger charge is 2.06. The molecule has 0 aromatic carbocycles. The first-order valence-corrected chi connectivity index (χ1v) is 7.18. The van der Waals surface area contributed by atoms with Crippen LogP contribution in [0.4, 0.5) is 0 Å². The summed E-state index contributed by atoms with van der Waals surface area (Å²) >= 11 is 0. The largest absolute Gasteiger partial charge is 0.461 e. The van der Waals surface area contributed by atoms with Crippen molar-refractivity contribution < 1.29 is 13.9 Å². The minimum absolute atomic E-state index is 0.0988. The third-order valence-corrected chi connectivity index (χ3v) is 3.08. The van der Waals surface area contributed by atoms with Crippen LogP contribution in [0.15, 0.2) is 52.5 Å². The average Bonchev–Trinajstić information content (AvgIpc) is 2.88. The van der Waals surface area contributed by atoms with Crippen molar-refractivity contribution in [3.8, 4) is 5.95 Å². The molecule has 1 aromatic heterocycles. The molecule has 21 heavy (non-hydrogen) atoms. The van der Waals surface area contributed by atoms with Crippen LogP contribution in [0.25, 0.3) is 0 Å². The van der Waals surface area contributed by atoms with E-state index in [4.69, 9.17) is 9.15 Å². The fraction of sp³-hybridized carbons (Fsp3) is 0.389. The quantitative estimate of drug-likeness (QED) is 0.468. The molecule has 0 aliphatic rings. The van der Waals surface area contributed by atoms with Crippen LogP contribution in [-0.4, -0.2) is 12.4 Å². The summed E-state index contributed by atoms with van der Waals surface area (Å²) in [6, 6.07) is 3.29. The first-order valence-electron chi connectivity index (χ1n) is 7.18. The normalized spacial score (nSPS) is 12.3. The van der Waals surface area contributed by atoms with Crippen molar-refractivity contribution >= 4 is 5.78 Å². The molecule has 1 aromatic rings. The van der Waals surface area contributed by atoms with Gasteiger partial charge in [0.15, 0.2) is 11.5 Å². The molecule has 0 amide bonds. The summed E-state index contributed by atoms with van der Waals surface area (Å²) < 4.78 is 10.7. The van der Waals surface area contributed by atoms with E-state index >= 15 is 0 Å². The molecule has 1 heterocycles. The highest BCUT2D eigenvalue weighted by molar-refractivity contribution is 5.91. The molecule has 0 saturated carbocycles. The first-order chi connectivity index (χ1) is 10.0. The van der Waals surface area contributed by atoms with Gasteiger partial charge in [0.1, 0.15) is 6.61 Å². The monoisotopic (exact) mass is 288 g/mol. The van der Waals surface area contributed by atoms with Crippen molar-refractivity contribution in [3.05, 3.63) is 53.8 Å². The third-order valence-electron chi connectivity index (χ3n) is 3.08. The lowest BCUT2D eigenvalue weighted by Crippen LogP contribution is -1.94. The number of furan rings is 1. The van der Waals surface area contributed by atoms with Crippen LogP contribution < -0.4 is 4.74 Å². The maximum absolute atomic E-state index is 11.1. The minimum Gasteiger partial charge on any atom is -0.461 e. The summed E-state index contributed by atoms with van der Waals surface area (Å²) in [5, 5.41) is 0. The van der Waals surface area contributed by atoms with E-state index in [1.807, 2.05) is 12.2 Å². The number of carbonyl (C=O) groups is 1. The highest BCUT2D eigenvalue weighted by Crippen LogP contribution is 2.16. The van der Waals surface area contributed by atoms with Gasteiger partial charge in [0, 0.05) is 13.0 Å². The Morgan fingerprint density at radius 2 is 2.00 bits per heavy atom. The van der Waals surface area contributed by atoms with Crippen LogP contribution in [0, 0.1) is 0 Å². The van der Waals surface area contributed by atoms with Gasteiger partial charge in [-0.05, 0) is 45.3 Å². The number of hydrogen-bond acceptors (Lipinski definition) is 3. The first kappa shape index (κ1) is 17.0. The minimum atomic E-state index is -0.0988. The summed E-state index contributed by atoms with van der Waals surface area (Å²) in [5.41, 5.74) is 2.62. The van der Waals surface area contributed by atoms with Gasteiger partial charge in [0.05, 0.1) is 0 Å². The molecule has 0 spiro atoms. The second-order valence-electron chi connectivity index (χ2n) is 5.12. The molecular formula is C18H24O3. The van der Waals surface area contributed by atoms with Gasteiger partial charge in [0.25, 0.3) is 5.95 Å². The van der Waals surface area contributed by atoms with Crippen LogP contribution in [0.3, 0.4) is 0 Å². The van der Waals surface area contributed by atoms with Crippen molar-refractivity contribution in [1.82, 2.24) is 0 Å². The van der Waals surface area contributed by atoms with Crippen molar-refractivity contribution in [3.63, 3.8) is 0 Å². The van der Waals surface area contributed by atoms with E-state index in [0.29, 0.717) is 18.3 Å². The standard InChI is InChI=1S/C18H24O3/c1-5-7-14(2)8-6-9-15(3)12-13-20-18-11-10-17(21-18)16(4)19/h5,8,10-12H,1,6-7,9,13H2,2-4H3/b14-8+,15-12+. The summed E-state index contributed by atoms with van der Waals surface area (Å²) in [6.07, 6.45) is 9.17. The molecular weight excluding hydrogens is 264 g/mol. The van der Waals surface area contributed by atoms with Crippen LogP contribution in [0.5, 0.6) is 5.95 Å². The zero-order valence-electron chi connectivity index (χ0n) is 13.1. The van der Waals surface area contributed by atoms with E-state index in [0.717, 1.165) is 19.3 Å². The fourth-order valence-corrected chi connectivity index (χ4v) is 1.81. The van der Waals surface area contributed by atoms with Gasteiger partial charge >= 0.3 is 0 Å². The summed E-state index contributed by atoms with van der Waals surface area (Å²) in [7, 11) is 0. The van der Waals surface area contributed by atoms with E-state index in [1.54, 1.807) is 12.1 Å². The summed E-state index contributed by atoms with van der Waals surface area (Å²) in [6.45, 7) is 9.85. The van der Waals surface area contributed by atoms with Crippen molar-refractivity contribution in [1.29, 1.82) is 0 Å². The van der Waals surface area contributed by atoms with Crippen molar-refractivity contribution in [2.24, 2.45) is 0 Å². The maximum atomic E-state index is 11.1. The Hall–Kier alpha value is -2.03. The van der Waals surface area contributed by atoms with E-state index < -0.39 is 0 Å². The second kappa shape index (κ2) is 9.01. The van der Waals surface area contributed by atoms with E-state index in [-0.39, 0.29) is 5.78 Å². The molecule has 0 fully saturated rings. The molecule has 1 rings (SSSR count). The zero-order chi connectivity index (χ0) is 15.7. The Bertz CT molecular complexity index is 532. The predicted octanol–water partition coefficient (Wildman–Crippen LogP) is 5.11. The van der Waals surface area contributed by atoms with E-state index in [1.165, 1.54) is 18.1 Å². The Morgan fingerprint density at radius 1 is 1.24 bits per heavy atom. The van der Waals surface area contributed by atoms with Crippen LogP contribution >= 0.6 is 0 Å². The molecule has 0 saturated heterocycles. The number of carbonyl (C=O) groups excluding carboxylic acids is 1. The Balaban J connectivity index is 2.33. The average molecular weight is 288 g/mol. The number of ketones is 1. The van der Waals surface area contributed by atoms with E-state index in [9.17, 15) is 4.79 Å². The topological polar surface area (TPSA) is 39.4 Å². The lowest BCUT2D eigenvalue weighted by molar-refractivity contribution is 0.0979. The smallest absolute Gasteiger partial charge is 0.285 e. The number of Topliss-reactive ketones (excluding diaryl/α,β-unsaturated/α-hetero) is 1. The SMILES string of the molecule is C=CC/C(C)=C/CC/C(C)=C/COc1ccc(C(C)=O)o1. The van der Waals surface area contributed by atoms with Crippen LogP contribution in [0.2, 0.25) is 0 Å². The lowest BCUT2D eigenvalue weighted by atomic mass is 10.1. The molecule has 3 nitrogen and oxygen atoms in total.